The van der Waals surface area contributed by atoms with Crippen LogP contribution in [0.15, 0.2) is 36.0 Å². The van der Waals surface area contributed by atoms with Gasteiger partial charge < -0.3 is 34.7 Å². The number of epoxide rings is 1. The largest absolute Gasteiger partial charge is 0.458 e. The molecule has 3 fully saturated rings. The Hall–Kier alpha value is -2.53. The van der Waals surface area contributed by atoms with E-state index >= 15 is 0 Å². The second kappa shape index (κ2) is 16.0. The molecule has 3 saturated heterocycles. The molecular weight excluding hydrogens is 552 g/mol. The second-order valence-electron chi connectivity index (χ2n) is 12.7. The molecule has 0 saturated carbocycles. The fourth-order valence-electron chi connectivity index (χ4n) is 5.49. The Kier molecular flexibility index (Phi) is 13.0. The summed E-state index contributed by atoms with van der Waals surface area (Å²) >= 11 is 0. The van der Waals surface area contributed by atoms with Crippen LogP contribution in [-0.2, 0) is 33.3 Å². The molecule has 2 amide bonds. The lowest BCUT2D eigenvalue weighted by Gasteiger charge is -2.39. The molecule has 3 N–H and O–H groups in total. The minimum Gasteiger partial charge on any atom is -0.458 e. The lowest BCUT2D eigenvalue weighted by atomic mass is 9.87. The van der Waals surface area contributed by atoms with Gasteiger partial charge in [-0.15, -0.1) is 0 Å². The van der Waals surface area contributed by atoms with Gasteiger partial charge in [-0.25, -0.2) is 0 Å². The Morgan fingerprint density at radius 1 is 1.14 bits per heavy atom. The summed E-state index contributed by atoms with van der Waals surface area (Å²) in [6, 6.07) is -0.124. The predicted molar refractivity (Wildman–Crippen MR) is 163 cm³/mol. The van der Waals surface area contributed by atoms with E-state index in [0.717, 1.165) is 18.4 Å². The van der Waals surface area contributed by atoms with E-state index < -0.39 is 23.9 Å². The summed E-state index contributed by atoms with van der Waals surface area (Å²) in [5, 5.41) is 16.8. The van der Waals surface area contributed by atoms with Gasteiger partial charge in [-0.3, -0.25) is 14.4 Å². The molecule has 0 aliphatic carbocycles. The van der Waals surface area contributed by atoms with Crippen molar-refractivity contribution in [1.29, 1.82) is 0 Å². The number of allylic oxidation sites excluding steroid dienone is 2. The van der Waals surface area contributed by atoms with Gasteiger partial charge in [0.2, 0.25) is 11.8 Å². The van der Waals surface area contributed by atoms with Crippen LogP contribution in [0.5, 0.6) is 0 Å². The van der Waals surface area contributed by atoms with E-state index in [1.54, 1.807) is 26.8 Å². The number of amides is 2. The van der Waals surface area contributed by atoms with Gasteiger partial charge in [0.1, 0.15) is 23.9 Å². The first-order valence-corrected chi connectivity index (χ1v) is 15.8. The van der Waals surface area contributed by atoms with Crippen molar-refractivity contribution >= 4 is 17.8 Å². The summed E-state index contributed by atoms with van der Waals surface area (Å²) in [6.45, 7) is 14.5. The SMILES string of the molecule is CCCNC(=O)C[C@@H]1C[C@@]2(CO2)[C@H](O)[C@@H](/C=C/C(C)=C/C[C@@H]2O[C@H](C)[C@H](NC(=O)/C=C\[C@H](C)OC(=O)C(C)C)C[C@@H]2C)O1. The lowest BCUT2D eigenvalue weighted by molar-refractivity contribution is -0.150. The topological polar surface area (TPSA) is 136 Å². The zero-order chi connectivity index (χ0) is 31.7. The van der Waals surface area contributed by atoms with Crippen LogP contribution in [0.3, 0.4) is 0 Å². The zero-order valence-corrected chi connectivity index (χ0v) is 26.8. The highest BCUT2D eigenvalue weighted by molar-refractivity contribution is 5.87. The number of rotatable bonds is 13. The van der Waals surface area contributed by atoms with Crippen LogP contribution < -0.4 is 10.6 Å². The fraction of sp³-hybridized carbons (Fsp3) is 0.727. The monoisotopic (exact) mass is 604 g/mol. The first-order valence-electron chi connectivity index (χ1n) is 15.8. The Morgan fingerprint density at radius 3 is 2.51 bits per heavy atom. The third-order valence-electron chi connectivity index (χ3n) is 8.33. The zero-order valence-electron chi connectivity index (χ0n) is 26.8. The lowest BCUT2D eigenvalue weighted by Crippen LogP contribution is -2.50. The highest BCUT2D eigenvalue weighted by Crippen LogP contribution is 2.43. The van der Waals surface area contributed by atoms with Gasteiger partial charge in [-0.2, -0.15) is 0 Å². The maximum Gasteiger partial charge on any atom is 0.308 e. The second-order valence-corrected chi connectivity index (χ2v) is 12.7. The van der Waals surface area contributed by atoms with Crippen LogP contribution in [-0.4, -0.2) is 84.3 Å². The number of aliphatic hydroxyl groups is 1. The molecule has 9 atom stereocenters. The molecule has 0 unspecified atom stereocenters. The number of aliphatic hydroxyl groups excluding tert-OH is 1. The molecule has 3 rings (SSSR count). The molecule has 0 aromatic rings. The summed E-state index contributed by atoms with van der Waals surface area (Å²) in [5.74, 6) is -0.592. The third-order valence-corrected chi connectivity index (χ3v) is 8.33. The molecule has 0 radical (unpaired) electrons. The summed E-state index contributed by atoms with van der Waals surface area (Å²) < 4.78 is 23.3. The average Bonchev–Trinajstić information content (AvgIpc) is 3.72. The maximum atomic E-state index is 12.5. The average molecular weight is 605 g/mol. The van der Waals surface area contributed by atoms with Gasteiger partial charge in [-0.1, -0.05) is 51.5 Å². The Balaban J connectivity index is 1.48. The van der Waals surface area contributed by atoms with Gasteiger partial charge in [0.05, 0.1) is 43.3 Å². The van der Waals surface area contributed by atoms with Gasteiger partial charge in [0.15, 0.2) is 0 Å². The third kappa shape index (κ3) is 10.6. The van der Waals surface area contributed by atoms with E-state index in [0.29, 0.717) is 26.0 Å². The number of hydrogen-bond acceptors (Lipinski definition) is 8. The number of hydrogen-bond donors (Lipinski definition) is 3. The van der Waals surface area contributed by atoms with Crippen molar-refractivity contribution in [3.05, 3.63) is 36.0 Å². The standard InChI is InChI=1S/C33H52N2O8/c1-8-15-34-30(37)17-25-18-33(19-40-33)31(38)28(43-25)13-10-21(4)9-12-27-22(5)16-26(24(7)42-27)35-29(36)14-11-23(6)41-32(39)20(2)3/h9-11,13-14,20,22-28,31,38H,8,12,15-19H2,1-7H3,(H,34,37)(H,35,36)/b13-10+,14-11-,21-9+/t22-,23-,24+,25+,26+,27-,28+,31+,33+/m0/s1. The smallest absolute Gasteiger partial charge is 0.308 e. The van der Waals surface area contributed by atoms with Crippen LogP contribution in [0.1, 0.15) is 80.6 Å². The molecule has 10 nitrogen and oxygen atoms in total. The fourth-order valence-corrected chi connectivity index (χ4v) is 5.49. The molecule has 0 aromatic heterocycles. The van der Waals surface area contributed by atoms with Crippen molar-refractivity contribution in [3.63, 3.8) is 0 Å². The Labute approximate surface area is 256 Å². The van der Waals surface area contributed by atoms with Gasteiger partial charge in [-0.05, 0) is 52.0 Å². The molecule has 10 heteroatoms. The van der Waals surface area contributed by atoms with Crippen molar-refractivity contribution in [3.8, 4) is 0 Å². The summed E-state index contributed by atoms with van der Waals surface area (Å²) in [5.41, 5.74) is 0.392. The quantitative estimate of drug-likeness (QED) is 0.126. The van der Waals surface area contributed by atoms with Crippen molar-refractivity contribution in [2.24, 2.45) is 11.8 Å². The summed E-state index contributed by atoms with van der Waals surface area (Å²) in [7, 11) is 0. The van der Waals surface area contributed by atoms with Gasteiger partial charge in [0.25, 0.3) is 0 Å². The van der Waals surface area contributed by atoms with Crippen molar-refractivity contribution in [1.82, 2.24) is 10.6 Å². The number of esters is 1. The molecular formula is C33H52N2O8. The highest BCUT2D eigenvalue weighted by atomic mass is 16.6. The number of carbonyl (C=O) groups is 3. The predicted octanol–water partition coefficient (Wildman–Crippen LogP) is 3.52. The van der Waals surface area contributed by atoms with Crippen LogP contribution in [0.2, 0.25) is 0 Å². The molecule has 43 heavy (non-hydrogen) atoms. The minimum atomic E-state index is -0.783. The molecule has 242 valence electrons. The van der Waals surface area contributed by atoms with E-state index in [9.17, 15) is 19.5 Å². The van der Waals surface area contributed by atoms with E-state index in [1.807, 2.05) is 32.9 Å². The normalized spacial score (nSPS) is 33.6. The number of ether oxygens (including phenoxy) is 4. The van der Waals surface area contributed by atoms with E-state index in [4.69, 9.17) is 18.9 Å². The molecule has 3 aliphatic heterocycles. The van der Waals surface area contributed by atoms with Crippen molar-refractivity contribution < 1.29 is 38.4 Å². The number of nitrogens with one attached hydrogen (secondary N) is 2. The Bertz CT molecular complexity index is 1050. The molecule has 3 heterocycles. The summed E-state index contributed by atoms with van der Waals surface area (Å²) in [4.78, 5) is 36.5. The molecule has 3 aliphatic rings. The van der Waals surface area contributed by atoms with E-state index in [-0.39, 0.29) is 60.4 Å². The van der Waals surface area contributed by atoms with Gasteiger partial charge in [0, 0.05) is 19.0 Å². The van der Waals surface area contributed by atoms with Crippen LogP contribution in [0.4, 0.5) is 0 Å². The molecule has 0 aromatic carbocycles. The van der Waals surface area contributed by atoms with Crippen LogP contribution >= 0.6 is 0 Å². The maximum absolute atomic E-state index is 12.5. The Morgan fingerprint density at radius 2 is 1.86 bits per heavy atom. The van der Waals surface area contributed by atoms with E-state index in [1.165, 1.54) is 6.08 Å². The van der Waals surface area contributed by atoms with Crippen LogP contribution in [0.25, 0.3) is 0 Å². The molecule has 1 spiro atoms. The highest BCUT2D eigenvalue weighted by Gasteiger charge is 2.58. The summed E-state index contributed by atoms with van der Waals surface area (Å²) in [6.07, 6.45) is 9.72. The van der Waals surface area contributed by atoms with Crippen LogP contribution in [0, 0.1) is 11.8 Å². The minimum absolute atomic E-state index is 0.00294. The van der Waals surface area contributed by atoms with Crippen molar-refractivity contribution in [2.45, 2.75) is 129 Å². The first kappa shape index (κ1) is 35.0. The van der Waals surface area contributed by atoms with Gasteiger partial charge >= 0.3 is 5.97 Å². The van der Waals surface area contributed by atoms with E-state index in [2.05, 4.69) is 23.6 Å². The number of carbonyl (C=O) groups excluding carboxylic acids is 3. The molecule has 0 bridgehead atoms. The van der Waals surface area contributed by atoms with Crippen molar-refractivity contribution in [2.75, 3.05) is 13.2 Å². The first-order chi connectivity index (χ1) is 20.3.